The lowest BCUT2D eigenvalue weighted by Crippen LogP contribution is -2.14. The summed E-state index contributed by atoms with van der Waals surface area (Å²) in [5.41, 5.74) is 3.61. The number of hydrogen-bond acceptors (Lipinski definition) is 4. The third kappa shape index (κ3) is 5.25. The molecule has 0 aliphatic heterocycles. The van der Waals surface area contributed by atoms with E-state index in [0.717, 1.165) is 29.4 Å². The van der Waals surface area contributed by atoms with Crippen LogP contribution in [0.5, 0.6) is 11.5 Å². The van der Waals surface area contributed by atoms with Crippen molar-refractivity contribution in [3.63, 3.8) is 0 Å². The molecule has 0 amide bonds. The van der Waals surface area contributed by atoms with Crippen molar-refractivity contribution in [1.29, 1.82) is 0 Å². The summed E-state index contributed by atoms with van der Waals surface area (Å²) in [4.78, 5) is 12.1. The van der Waals surface area contributed by atoms with Gasteiger partial charge in [-0.05, 0) is 53.1 Å². The predicted octanol–water partition coefficient (Wildman–Crippen LogP) is 6.02. The standard InChI is InChI=1S/C26H23NO3/c1-19-6-8-20(9-7-19)17-27-18-21-10-13-24(14-11-21)29-26(28)30-25-15-12-22-4-2-3-5-23(22)16-25/h2-16,27H,17-18H2,1H3. The Labute approximate surface area is 176 Å². The molecule has 0 aromatic heterocycles. The molecule has 0 saturated carbocycles. The lowest BCUT2D eigenvalue weighted by atomic mass is 10.1. The van der Waals surface area contributed by atoms with Gasteiger partial charge in [-0.25, -0.2) is 4.79 Å². The predicted molar refractivity (Wildman–Crippen MR) is 119 cm³/mol. The SMILES string of the molecule is Cc1ccc(CNCc2ccc(OC(=O)Oc3ccc4ccccc4c3)cc2)cc1. The first-order chi connectivity index (χ1) is 14.7. The van der Waals surface area contributed by atoms with Gasteiger partial charge >= 0.3 is 6.16 Å². The van der Waals surface area contributed by atoms with Gasteiger partial charge in [0.1, 0.15) is 11.5 Å². The summed E-state index contributed by atoms with van der Waals surface area (Å²) in [5.74, 6) is 0.902. The minimum atomic E-state index is -0.754. The molecule has 0 unspecified atom stereocenters. The molecule has 1 N–H and O–H groups in total. The molecule has 4 aromatic rings. The van der Waals surface area contributed by atoms with Gasteiger partial charge in [0.15, 0.2) is 0 Å². The van der Waals surface area contributed by atoms with Crippen LogP contribution in [0.1, 0.15) is 16.7 Å². The molecule has 30 heavy (non-hydrogen) atoms. The van der Waals surface area contributed by atoms with Crippen LogP contribution in [0, 0.1) is 6.92 Å². The van der Waals surface area contributed by atoms with Crippen LogP contribution in [0.4, 0.5) is 4.79 Å². The Balaban J connectivity index is 1.28. The molecule has 0 aliphatic rings. The van der Waals surface area contributed by atoms with E-state index in [9.17, 15) is 4.79 Å². The Morgan fingerprint density at radius 3 is 1.97 bits per heavy atom. The van der Waals surface area contributed by atoms with Crippen molar-refractivity contribution in [2.75, 3.05) is 0 Å². The van der Waals surface area contributed by atoms with Gasteiger partial charge in [-0.2, -0.15) is 0 Å². The molecule has 0 atom stereocenters. The minimum Gasteiger partial charge on any atom is -0.395 e. The van der Waals surface area contributed by atoms with Gasteiger partial charge in [-0.15, -0.1) is 0 Å². The van der Waals surface area contributed by atoms with Gasteiger partial charge in [0.05, 0.1) is 0 Å². The first-order valence-corrected chi connectivity index (χ1v) is 9.89. The van der Waals surface area contributed by atoms with Gasteiger partial charge in [0, 0.05) is 13.1 Å². The van der Waals surface area contributed by atoms with Crippen LogP contribution in [0.25, 0.3) is 10.8 Å². The van der Waals surface area contributed by atoms with Crippen molar-refractivity contribution in [3.05, 3.63) is 108 Å². The van der Waals surface area contributed by atoms with Gasteiger partial charge in [-0.1, -0.05) is 72.3 Å². The maximum absolute atomic E-state index is 12.1. The van der Waals surface area contributed by atoms with Gasteiger partial charge in [0.25, 0.3) is 0 Å². The molecule has 150 valence electrons. The third-order valence-electron chi connectivity index (χ3n) is 4.83. The first-order valence-electron chi connectivity index (χ1n) is 9.89. The van der Waals surface area contributed by atoms with E-state index in [1.54, 1.807) is 18.2 Å². The molecule has 4 heteroatoms. The minimum absolute atomic E-state index is 0.447. The molecule has 0 heterocycles. The fourth-order valence-electron chi connectivity index (χ4n) is 3.18. The largest absolute Gasteiger partial charge is 0.519 e. The number of rotatable bonds is 6. The number of nitrogens with one attached hydrogen (secondary N) is 1. The Bertz CT molecular complexity index is 1140. The zero-order valence-electron chi connectivity index (χ0n) is 16.8. The average Bonchev–Trinajstić information content (AvgIpc) is 2.76. The second-order valence-electron chi connectivity index (χ2n) is 7.20. The zero-order valence-corrected chi connectivity index (χ0v) is 16.8. The number of fused-ring (bicyclic) bond motifs is 1. The summed E-state index contributed by atoms with van der Waals surface area (Å²) in [6.07, 6.45) is -0.754. The molecule has 4 nitrogen and oxygen atoms in total. The molecule has 4 rings (SSSR count). The van der Waals surface area contributed by atoms with Gasteiger partial charge in [0.2, 0.25) is 0 Å². The number of carbonyl (C=O) groups is 1. The molecular weight excluding hydrogens is 374 g/mol. The highest BCUT2D eigenvalue weighted by Gasteiger charge is 2.08. The summed E-state index contributed by atoms with van der Waals surface area (Å²) >= 11 is 0. The first kappa shape index (κ1) is 19.7. The molecule has 0 bridgehead atoms. The lowest BCUT2D eigenvalue weighted by Gasteiger charge is -2.08. The van der Waals surface area contributed by atoms with Crippen molar-refractivity contribution in [2.24, 2.45) is 0 Å². The molecule has 4 aromatic carbocycles. The van der Waals surface area contributed by atoms with E-state index >= 15 is 0 Å². The van der Waals surface area contributed by atoms with E-state index < -0.39 is 6.16 Å². The molecule has 0 fully saturated rings. The topological polar surface area (TPSA) is 47.6 Å². The van der Waals surface area contributed by atoms with Crippen LogP contribution >= 0.6 is 0 Å². The smallest absolute Gasteiger partial charge is 0.395 e. The van der Waals surface area contributed by atoms with Crippen LogP contribution in [-0.2, 0) is 13.1 Å². The van der Waals surface area contributed by atoms with Crippen molar-refractivity contribution in [2.45, 2.75) is 20.0 Å². The molecule has 0 radical (unpaired) electrons. The number of hydrogen-bond donors (Lipinski definition) is 1. The van der Waals surface area contributed by atoms with E-state index in [2.05, 4.69) is 36.5 Å². The average molecular weight is 397 g/mol. The number of benzene rings is 4. The fraction of sp³-hybridized carbons (Fsp3) is 0.115. The monoisotopic (exact) mass is 397 g/mol. The summed E-state index contributed by atoms with van der Waals surface area (Å²) in [5, 5.41) is 5.51. The number of carbonyl (C=O) groups excluding carboxylic acids is 1. The third-order valence-corrected chi connectivity index (χ3v) is 4.83. The summed E-state index contributed by atoms with van der Waals surface area (Å²) < 4.78 is 10.6. The maximum Gasteiger partial charge on any atom is 0.519 e. The summed E-state index contributed by atoms with van der Waals surface area (Å²) in [6.45, 7) is 3.62. The molecular formula is C26H23NO3. The Kier molecular flexibility index (Phi) is 6.06. The van der Waals surface area contributed by atoms with Crippen molar-refractivity contribution >= 4 is 16.9 Å². The Hall–Kier alpha value is -3.63. The molecule has 0 saturated heterocycles. The van der Waals surface area contributed by atoms with E-state index in [1.165, 1.54) is 11.1 Å². The number of ether oxygens (including phenoxy) is 2. The Morgan fingerprint density at radius 1 is 0.700 bits per heavy atom. The maximum atomic E-state index is 12.1. The lowest BCUT2D eigenvalue weighted by molar-refractivity contribution is 0.152. The van der Waals surface area contributed by atoms with Crippen LogP contribution in [-0.4, -0.2) is 6.16 Å². The highest BCUT2D eigenvalue weighted by molar-refractivity contribution is 5.84. The van der Waals surface area contributed by atoms with Crippen LogP contribution in [0.3, 0.4) is 0 Å². The highest BCUT2D eigenvalue weighted by atomic mass is 16.7. The quantitative estimate of drug-likeness (QED) is 0.319. The van der Waals surface area contributed by atoms with Crippen molar-refractivity contribution in [3.8, 4) is 11.5 Å². The van der Waals surface area contributed by atoms with Crippen LogP contribution < -0.4 is 14.8 Å². The van der Waals surface area contributed by atoms with E-state index in [0.29, 0.717) is 11.5 Å². The van der Waals surface area contributed by atoms with Crippen LogP contribution in [0.15, 0.2) is 91.0 Å². The Morgan fingerprint density at radius 2 is 1.27 bits per heavy atom. The highest BCUT2D eigenvalue weighted by Crippen LogP contribution is 2.21. The van der Waals surface area contributed by atoms with Gasteiger partial charge < -0.3 is 14.8 Å². The second kappa shape index (κ2) is 9.25. The van der Waals surface area contributed by atoms with Crippen molar-refractivity contribution < 1.29 is 14.3 Å². The van der Waals surface area contributed by atoms with Crippen molar-refractivity contribution in [1.82, 2.24) is 5.32 Å². The van der Waals surface area contributed by atoms with Gasteiger partial charge in [-0.3, -0.25) is 0 Å². The fourth-order valence-corrected chi connectivity index (χ4v) is 3.18. The molecule has 0 aliphatic carbocycles. The van der Waals surface area contributed by atoms with E-state index in [4.69, 9.17) is 9.47 Å². The van der Waals surface area contributed by atoms with E-state index in [1.807, 2.05) is 48.5 Å². The summed E-state index contributed by atoms with van der Waals surface area (Å²) in [6, 6.07) is 29.3. The molecule has 0 spiro atoms. The second-order valence-corrected chi connectivity index (χ2v) is 7.20. The summed E-state index contributed by atoms with van der Waals surface area (Å²) in [7, 11) is 0. The number of aryl methyl sites for hydroxylation is 1. The van der Waals surface area contributed by atoms with Crippen LogP contribution in [0.2, 0.25) is 0 Å². The van der Waals surface area contributed by atoms with E-state index in [-0.39, 0.29) is 0 Å². The normalized spacial score (nSPS) is 10.7. The zero-order chi connectivity index (χ0) is 20.8.